The second-order valence-electron chi connectivity index (χ2n) is 6.12. The van der Waals surface area contributed by atoms with E-state index in [0.717, 1.165) is 0 Å². The number of aliphatic hydroxyl groups is 1. The number of carboxylic acids is 2. The number of carbonyl (C=O) groups excluding carboxylic acids is 2. The van der Waals surface area contributed by atoms with Crippen LogP contribution in [0.5, 0.6) is 0 Å². The molecule has 1 saturated carbocycles. The van der Waals surface area contributed by atoms with Crippen molar-refractivity contribution < 1.29 is 34.5 Å². The van der Waals surface area contributed by atoms with E-state index < -0.39 is 29.9 Å². The Bertz CT molecular complexity index is 457. The van der Waals surface area contributed by atoms with E-state index >= 15 is 0 Å². The first kappa shape index (κ1) is 19.3. The fourth-order valence-electron chi connectivity index (χ4n) is 3.11. The summed E-state index contributed by atoms with van der Waals surface area (Å²) in [6.45, 7) is 0. The quantitative estimate of drug-likeness (QED) is 0.489. The first-order valence-electron chi connectivity index (χ1n) is 7.97. The van der Waals surface area contributed by atoms with Gasteiger partial charge >= 0.3 is 11.9 Å². The first-order valence-corrected chi connectivity index (χ1v) is 7.97. The number of carboxylic acid groups (broad SMARTS) is 2. The van der Waals surface area contributed by atoms with Crippen LogP contribution in [0.3, 0.4) is 0 Å². The van der Waals surface area contributed by atoms with Crippen LogP contribution in [0.15, 0.2) is 0 Å². The molecule has 0 spiro atoms. The molecule has 0 amide bonds. The molecular weight excluding hydrogens is 304 g/mol. The summed E-state index contributed by atoms with van der Waals surface area (Å²) in [5.74, 6) is -2.83. The van der Waals surface area contributed by atoms with Crippen molar-refractivity contribution in [3.63, 3.8) is 0 Å². The van der Waals surface area contributed by atoms with Crippen molar-refractivity contribution in [1.82, 2.24) is 0 Å². The zero-order chi connectivity index (χ0) is 17.4. The molecular formula is C16H24O7. The van der Waals surface area contributed by atoms with Gasteiger partial charge in [0.15, 0.2) is 0 Å². The van der Waals surface area contributed by atoms with E-state index in [0.29, 0.717) is 19.3 Å². The molecule has 23 heavy (non-hydrogen) atoms. The molecule has 0 aromatic rings. The highest BCUT2D eigenvalue weighted by Crippen LogP contribution is 2.35. The third kappa shape index (κ3) is 6.90. The van der Waals surface area contributed by atoms with Crippen molar-refractivity contribution >= 4 is 23.5 Å². The van der Waals surface area contributed by atoms with Crippen molar-refractivity contribution in [3.8, 4) is 0 Å². The molecule has 7 nitrogen and oxygen atoms in total. The molecule has 1 unspecified atom stereocenters. The number of ketones is 2. The second-order valence-corrected chi connectivity index (χ2v) is 6.12. The van der Waals surface area contributed by atoms with E-state index in [1.165, 1.54) is 0 Å². The van der Waals surface area contributed by atoms with Crippen LogP contribution in [-0.2, 0) is 19.2 Å². The number of carbonyl (C=O) groups is 4. The number of Topliss-reactive ketones (excluding diaryl/α,β-unsaturated/α-hetero) is 2. The highest BCUT2D eigenvalue weighted by molar-refractivity contribution is 5.85. The van der Waals surface area contributed by atoms with E-state index in [2.05, 4.69) is 0 Å². The van der Waals surface area contributed by atoms with E-state index in [1.807, 2.05) is 0 Å². The molecule has 0 aliphatic heterocycles. The highest BCUT2D eigenvalue weighted by atomic mass is 16.4. The molecule has 1 fully saturated rings. The molecule has 1 rings (SSSR count). The summed E-state index contributed by atoms with van der Waals surface area (Å²) in [6, 6.07) is 0. The Kier molecular flexibility index (Phi) is 7.88. The normalized spacial score (nSPS) is 23.9. The summed E-state index contributed by atoms with van der Waals surface area (Å²) in [7, 11) is 0. The molecule has 0 aromatic carbocycles. The summed E-state index contributed by atoms with van der Waals surface area (Å²) in [6.07, 6.45) is 1.16. The summed E-state index contributed by atoms with van der Waals surface area (Å²) in [5.41, 5.74) is 0. The van der Waals surface area contributed by atoms with Crippen molar-refractivity contribution in [2.45, 2.75) is 63.9 Å². The van der Waals surface area contributed by atoms with Gasteiger partial charge in [0.25, 0.3) is 0 Å². The number of unbranched alkanes of at least 4 members (excludes halogenated alkanes) is 1. The van der Waals surface area contributed by atoms with Gasteiger partial charge < -0.3 is 15.3 Å². The molecule has 0 saturated heterocycles. The minimum absolute atomic E-state index is 0.0263. The standard InChI is InChI=1S/C16H24O7/c17-10(3-1-2-4-15(20)21)5-6-11-12(7-8-16(22)23)14(19)9-13(11)18/h11-12,14,19H,1-9H2,(H,20,21)(H,22,23)/t11-,12-,14?/m1/s1. The minimum atomic E-state index is -0.968. The molecule has 7 heteroatoms. The van der Waals surface area contributed by atoms with Crippen LogP contribution in [0.2, 0.25) is 0 Å². The maximum Gasteiger partial charge on any atom is 0.303 e. The lowest BCUT2D eigenvalue weighted by Crippen LogP contribution is -2.22. The summed E-state index contributed by atoms with van der Waals surface area (Å²) in [4.78, 5) is 44.7. The van der Waals surface area contributed by atoms with Gasteiger partial charge in [0, 0.05) is 38.0 Å². The Morgan fingerprint density at radius 2 is 1.52 bits per heavy atom. The van der Waals surface area contributed by atoms with Crippen molar-refractivity contribution in [2.75, 3.05) is 0 Å². The third-order valence-corrected chi connectivity index (χ3v) is 4.36. The number of rotatable bonds is 11. The van der Waals surface area contributed by atoms with Crippen molar-refractivity contribution in [2.24, 2.45) is 11.8 Å². The Labute approximate surface area is 134 Å². The van der Waals surface area contributed by atoms with Crippen molar-refractivity contribution in [3.05, 3.63) is 0 Å². The lowest BCUT2D eigenvalue weighted by atomic mass is 9.86. The van der Waals surface area contributed by atoms with E-state index in [4.69, 9.17) is 10.2 Å². The smallest absolute Gasteiger partial charge is 0.303 e. The van der Waals surface area contributed by atoms with Gasteiger partial charge in [0.2, 0.25) is 0 Å². The van der Waals surface area contributed by atoms with Crippen LogP contribution in [-0.4, -0.2) is 44.9 Å². The van der Waals surface area contributed by atoms with Crippen LogP contribution in [0.4, 0.5) is 0 Å². The van der Waals surface area contributed by atoms with Gasteiger partial charge in [-0.1, -0.05) is 0 Å². The maximum absolute atomic E-state index is 11.9. The van der Waals surface area contributed by atoms with Crippen LogP contribution < -0.4 is 0 Å². The van der Waals surface area contributed by atoms with Crippen LogP contribution in [0, 0.1) is 11.8 Å². The summed E-state index contributed by atoms with van der Waals surface area (Å²) >= 11 is 0. The number of hydrogen-bond donors (Lipinski definition) is 3. The number of hydrogen-bond acceptors (Lipinski definition) is 5. The SMILES string of the molecule is O=C(O)CCCCC(=O)CC[C@H]1C(=O)CC(O)[C@@H]1CCC(=O)O. The topological polar surface area (TPSA) is 129 Å². The van der Waals surface area contributed by atoms with Gasteiger partial charge in [-0.25, -0.2) is 0 Å². The summed E-state index contributed by atoms with van der Waals surface area (Å²) < 4.78 is 0. The minimum Gasteiger partial charge on any atom is -0.481 e. The van der Waals surface area contributed by atoms with E-state index in [-0.39, 0.29) is 50.1 Å². The van der Waals surface area contributed by atoms with Gasteiger partial charge in [-0.2, -0.15) is 0 Å². The number of aliphatic carboxylic acids is 2. The monoisotopic (exact) mass is 328 g/mol. The van der Waals surface area contributed by atoms with Gasteiger partial charge in [0.05, 0.1) is 6.10 Å². The Hall–Kier alpha value is -1.76. The van der Waals surface area contributed by atoms with Crippen LogP contribution >= 0.6 is 0 Å². The third-order valence-electron chi connectivity index (χ3n) is 4.36. The lowest BCUT2D eigenvalue weighted by Gasteiger charge is -2.19. The second kappa shape index (κ2) is 9.39. The van der Waals surface area contributed by atoms with Gasteiger partial charge in [-0.05, 0) is 31.6 Å². The summed E-state index contributed by atoms with van der Waals surface area (Å²) in [5, 5.41) is 27.1. The van der Waals surface area contributed by atoms with Crippen molar-refractivity contribution in [1.29, 1.82) is 0 Å². The lowest BCUT2D eigenvalue weighted by molar-refractivity contribution is -0.138. The molecule has 0 bridgehead atoms. The Morgan fingerprint density at radius 3 is 2.13 bits per heavy atom. The fraction of sp³-hybridized carbons (Fsp3) is 0.750. The zero-order valence-electron chi connectivity index (χ0n) is 13.1. The van der Waals surface area contributed by atoms with Gasteiger partial charge in [-0.3, -0.25) is 19.2 Å². The molecule has 3 atom stereocenters. The molecule has 130 valence electrons. The predicted molar refractivity (Wildman–Crippen MR) is 79.8 cm³/mol. The molecule has 0 heterocycles. The van der Waals surface area contributed by atoms with Crippen LogP contribution in [0.1, 0.15) is 57.8 Å². The van der Waals surface area contributed by atoms with Crippen LogP contribution in [0.25, 0.3) is 0 Å². The Balaban J connectivity index is 2.37. The zero-order valence-corrected chi connectivity index (χ0v) is 13.1. The maximum atomic E-state index is 11.9. The van der Waals surface area contributed by atoms with E-state index in [9.17, 15) is 24.3 Å². The average Bonchev–Trinajstić information content (AvgIpc) is 2.72. The first-order chi connectivity index (χ1) is 10.8. The molecule has 0 radical (unpaired) electrons. The van der Waals surface area contributed by atoms with Gasteiger partial charge in [-0.15, -0.1) is 0 Å². The number of aliphatic hydroxyl groups excluding tert-OH is 1. The molecule has 3 N–H and O–H groups in total. The molecule has 1 aliphatic carbocycles. The predicted octanol–water partition coefficient (Wildman–Crippen LogP) is 1.41. The average molecular weight is 328 g/mol. The molecule has 1 aliphatic rings. The van der Waals surface area contributed by atoms with Gasteiger partial charge in [0.1, 0.15) is 11.6 Å². The molecule has 0 aromatic heterocycles. The van der Waals surface area contributed by atoms with E-state index in [1.54, 1.807) is 0 Å². The fourth-order valence-corrected chi connectivity index (χ4v) is 3.11. The largest absolute Gasteiger partial charge is 0.481 e. The highest BCUT2D eigenvalue weighted by Gasteiger charge is 2.41. The Morgan fingerprint density at radius 1 is 0.913 bits per heavy atom.